The SMILES string of the molecule is NC(=NCCc1nnc2ccccn12)NC1CC1. The number of guanidine groups is 1. The largest absolute Gasteiger partial charge is 0.370 e. The molecule has 18 heavy (non-hydrogen) atoms. The molecule has 94 valence electrons. The Morgan fingerprint density at radius 1 is 1.44 bits per heavy atom. The van der Waals surface area contributed by atoms with Gasteiger partial charge in [-0.05, 0) is 25.0 Å². The summed E-state index contributed by atoms with van der Waals surface area (Å²) in [5.41, 5.74) is 6.62. The highest BCUT2D eigenvalue weighted by molar-refractivity contribution is 5.78. The van der Waals surface area contributed by atoms with E-state index in [1.165, 1.54) is 12.8 Å². The molecule has 3 rings (SSSR count). The van der Waals surface area contributed by atoms with Gasteiger partial charge < -0.3 is 11.1 Å². The van der Waals surface area contributed by atoms with Crippen LogP contribution in [0.4, 0.5) is 0 Å². The number of pyridine rings is 1. The van der Waals surface area contributed by atoms with E-state index < -0.39 is 0 Å². The summed E-state index contributed by atoms with van der Waals surface area (Å²) in [7, 11) is 0. The van der Waals surface area contributed by atoms with Gasteiger partial charge in [0, 0.05) is 25.2 Å². The zero-order valence-corrected chi connectivity index (χ0v) is 10.1. The molecule has 2 aromatic rings. The number of hydrogen-bond donors (Lipinski definition) is 2. The van der Waals surface area contributed by atoms with Crippen molar-refractivity contribution in [1.82, 2.24) is 19.9 Å². The summed E-state index contributed by atoms with van der Waals surface area (Å²) in [6.45, 7) is 0.626. The van der Waals surface area contributed by atoms with Gasteiger partial charge in [-0.25, -0.2) is 0 Å². The minimum absolute atomic E-state index is 0.534. The Bertz CT molecular complexity index is 569. The molecule has 3 N–H and O–H groups in total. The standard InChI is InChI=1S/C12H16N6/c13-12(15-9-4-5-9)14-7-6-11-17-16-10-3-1-2-8-18(10)11/h1-3,8-9H,4-7H2,(H3,13,14,15). The number of nitrogens with zero attached hydrogens (tertiary/aromatic N) is 4. The Morgan fingerprint density at radius 2 is 2.33 bits per heavy atom. The molecule has 0 aromatic carbocycles. The summed E-state index contributed by atoms with van der Waals surface area (Å²) in [5.74, 6) is 1.44. The van der Waals surface area contributed by atoms with E-state index in [4.69, 9.17) is 5.73 Å². The van der Waals surface area contributed by atoms with Crippen LogP contribution in [0.25, 0.3) is 5.65 Å². The molecule has 0 spiro atoms. The molecule has 0 radical (unpaired) electrons. The topological polar surface area (TPSA) is 80.6 Å². The van der Waals surface area contributed by atoms with E-state index in [9.17, 15) is 0 Å². The fourth-order valence-electron chi connectivity index (χ4n) is 1.82. The molecule has 1 aliphatic rings. The van der Waals surface area contributed by atoms with Crippen LogP contribution in [0.3, 0.4) is 0 Å². The normalized spacial score (nSPS) is 16.1. The van der Waals surface area contributed by atoms with Crippen molar-refractivity contribution in [2.45, 2.75) is 25.3 Å². The van der Waals surface area contributed by atoms with Crippen molar-refractivity contribution in [2.75, 3.05) is 6.54 Å². The second-order valence-corrected chi connectivity index (χ2v) is 4.48. The Labute approximate surface area is 105 Å². The van der Waals surface area contributed by atoms with Gasteiger partial charge >= 0.3 is 0 Å². The van der Waals surface area contributed by atoms with Crippen LogP contribution in [-0.4, -0.2) is 33.1 Å². The number of aliphatic imine (C=N–C) groups is 1. The summed E-state index contributed by atoms with van der Waals surface area (Å²) < 4.78 is 1.97. The van der Waals surface area contributed by atoms with E-state index >= 15 is 0 Å². The van der Waals surface area contributed by atoms with E-state index in [2.05, 4.69) is 20.5 Å². The van der Waals surface area contributed by atoms with Crippen LogP contribution in [0.2, 0.25) is 0 Å². The van der Waals surface area contributed by atoms with Crippen LogP contribution in [0, 0.1) is 0 Å². The molecule has 0 aliphatic heterocycles. The van der Waals surface area contributed by atoms with Gasteiger partial charge in [-0.3, -0.25) is 9.39 Å². The first-order valence-corrected chi connectivity index (χ1v) is 6.18. The van der Waals surface area contributed by atoms with Crippen molar-refractivity contribution in [3.63, 3.8) is 0 Å². The molecule has 2 heterocycles. The highest BCUT2D eigenvalue weighted by Gasteiger charge is 2.21. The first-order valence-electron chi connectivity index (χ1n) is 6.18. The highest BCUT2D eigenvalue weighted by Crippen LogP contribution is 2.17. The van der Waals surface area contributed by atoms with Crippen LogP contribution in [0.15, 0.2) is 29.4 Å². The molecule has 2 aromatic heterocycles. The van der Waals surface area contributed by atoms with Crippen molar-refractivity contribution in [1.29, 1.82) is 0 Å². The first-order chi connectivity index (χ1) is 8.83. The third-order valence-electron chi connectivity index (χ3n) is 2.93. The fourth-order valence-corrected chi connectivity index (χ4v) is 1.82. The maximum Gasteiger partial charge on any atom is 0.188 e. The lowest BCUT2D eigenvalue weighted by Gasteiger charge is -2.02. The zero-order valence-electron chi connectivity index (χ0n) is 10.1. The molecule has 1 fully saturated rings. The van der Waals surface area contributed by atoms with Crippen LogP contribution >= 0.6 is 0 Å². The van der Waals surface area contributed by atoms with Gasteiger partial charge in [-0.1, -0.05) is 6.07 Å². The van der Waals surface area contributed by atoms with E-state index in [-0.39, 0.29) is 0 Å². The van der Waals surface area contributed by atoms with E-state index in [1.54, 1.807) is 0 Å². The summed E-state index contributed by atoms with van der Waals surface area (Å²) >= 11 is 0. The van der Waals surface area contributed by atoms with Crippen LogP contribution < -0.4 is 11.1 Å². The Balaban J connectivity index is 1.62. The van der Waals surface area contributed by atoms with Gasteiger partial charge in [0.1, 0.15) is 5.82 Å². The van der Waals surface area contributed by atoms with Gasteiger partial charge in [0.2, 0.25) is 0 Å². The average Bonchev–Trinajstić information content (AvgIpc) is 3.09. The first kappa shape index (κ1) is 11.0. The second-order valence-electron chi connectivity index (χ2n) is 4.48. The molecule has 0 unspecified atom stereocenters. The number of hydrogen-bond acceptors (Lipinski definition) is 3. The van der Waals surface area contributed by atoms with Crippen LogP contribution in [0.5, 0.6) is 0 Å². The number of fused-ring (bicyclic) bond motifs is 1. The smallest absolute Gasteiger partial charge is 0.188 e. The molecule has 0 amide bonds. The maximum absolute atomic E-state index is 5.76. The molecule has 1 aliphatic carbocycles. The Morgan fingerprint density at radius 3 is 3.17 bits per heavy atom. The Kier molecular flexibility index (Phi) is 2.84. The van der Waals surface area contributed by atoms with Crippen molar-refractivity contribution < 1.29 is 0 Å². The maximum atomic E-state index is 5.76. The fraction of sp³-hybridized carbons (Fsp3) is 0.417. The van der Waals surface area contributed by atoms with Gasteiger partial charge in [-0.2, -0.15) is 0 Å². The van der Waals surface area contributed by atoms with Crippen molar-refractivity contribution >= 4 is 11.6 Å². The molecule has 0 bridgehead atoms. The molecular weight excluding hydrogens is 228 g/mol. The van der Waals surface area contributed by atoms with E-state index in [0.29, 0.717) is 18.5 Å². The number of aromatic nitrogens is 3. The summed E-state index contributed by atoms with van der Waals surface area (Å²) in [5, 5.41) is 11.4. The number of rotatable bonds is 4. The molecule has 0 saturated heterocycles. The van der Waals surface area contributed by atoms with Crippen molar-refractivity contribution in [3.8, 4) is 0 Å². The number of nitrogens with one attached hydrogen (secondary N) is 1. The molecule has 0 atom stereocenters. The minimum Gasteiger partial charge on any atom is -0.370 e. The van der Waals surface area contributed by atoms with E-state index in [1.807, 2.05) is 28.8 Å². The van der Waals surface area contributed by atoms with Gasteiger partial charge in [0.25, 0.3) is 0 Å². The van der Waals surface area contributed by atoms with Gasteiger partial charge in [-0.15, -0.1) is 10.2 Å². The zero-order chi connectivity index (χ0) is 12.4. The highest BCUT2D eigenvalue weighted by atomic mass is 15.2. The third kappa shape index (κ3) is 2.42. The Hall–Kier alpha value is -2.11. The van der Waals surface area contributed by atoms with Crippen molar-refractivity contribution in [3.05, 3.63) is 30.2 Å². The third-order valence-corrected chi connectivity index (χ3v) is 2.93. The molecule has 6 heteroatoms. The monoisotopic (exact) mass is 244 g/mol. The summed E-state index contributed by atoms with van der Waals surface area (Å²) in [6.07, 6.45) is 5.09. The number of nitrogens with two attached hydrogens (primary N) is 1. The predicted molar refractivity (Wildman–Crippen MR) is 69.3 cm³/mol. The summed E-state index contributed by atoms with van der Waals surface area (Å²) in [4.78, 5) is 4.29. The van der Waals surface area contributed by atoms with Crippen LogP contribution in [-0.2, 0) is 6.42 Å². The lowest BCUT2D eigenvalue weighted by atomic mass is 10.4. The molecule has 1 saturated carbocycles. The lowest BCUT2D eigenvalue weighted by molar-refractivity contribution is 0.828. The second kappa shape index (κ2) is 4.64. The average molecular weight is 244 g/mol. The summed E-state index contributed by atoms with van der Waals surface area (Å²) in [6, 6.07) is 6.39. The van der Waals surface area contributed by atoms with Gasteiger partial charge in [0.15, 0.2) is 11.6 Å². The molecule has 6 nitrogen and oxygen atoms in total. The lowest BCUT2D eigenvalue weighted by Crippen LogP contribution is -2.33. The van der Waals surface area contributed by atoms with Crippen LogP contribution in [0.1, 0.15) is 18.7 Å². The van der Waals surface area contributed by atoms with E-state index in [0.717, 1.165) is 17.9 Å². The predicted octanol–water partition coefficient (Wildman–Crippen LogP) is 0.338. The molecular formula is C12H16N6. The van der Waals surface area contributed by atoms with Crippen molar-refractivity contribution in [2.24, 2.45) is 10.7 Å². The minimum atomic E-state index is 0.534. The van der Waals surface area contributed by atoms with Gasteiger partial charge in [0.05, 0.1) is 0 Å². The quantitative estimate of drug-likeness (QED) is 0.600.